The number of likely N-dealkylation sites (tertiary alicyclic amines) is 1. The van der Waals surface area contributed by atoms with Crippen LogP contribution in [0.3, 0.4) is 0 Å². The molecule has 4 nitrogen and oxygen atoms in total. The highest BCUT2D eigenvalue weighted by atomic mass is 16.2. The van der Waals surface area contributed by atoms with E-state index in [-0.39, 0.29) is 11.9 Å². The van der Waals surface area contributed by atoms with Crippen molar-refractivity contribution in [2.75, 3.05) is 40.3 Å². The van der Waals surface area contributed by atoms with Crippen molar-refractivity contribution in [2.45, 2.75) is 32.2 Å². The normalized spacial score (nSPS) is 18.8. The summed E-state index contributed by atoms with van der Waals surface area (Å²) in [5.41, 5.74) is 2.59. The molecule has 0 saturated carbocycles. The largest absolute Gasteiger partial charge is 0.347 e. The van der Waals surface area contributed by atoms with Gasteiger partial charge in [0.1, 0.15) is 0 Å². The van der Waals surface area contributed by atoms with E-state index in [9.17, 15) is 4.79 Å². The summed E-state index contributed by atoms with van der Waals surface area (Å²) in [6, 6.07) is 10.5. The monoisotopic (exact) mass is 329 g/mol. The van der Waals surface area contributed by atoms with Crippen molar-refractivity contribution in [2.24, 2.45) is 0 Å². The van der Waals surface area contributed by atoms with Crippen LogP contribution < -0.4 is 5.32 Å². The predicted octanol–water partition coefficient (Wildman–Crippen LogP) is 2.62. The van der Waals surface area contributed by atoms with Crippen LogP contribution in [0.25, 0.3) is 6.08 Å². The number of nitrogens with zero attached hydrogens (tertiary/aromatic N) is 2. The third kappa shape index (κ3) is 5.77. The highest BCUT2D eigenvalue weighted by Gasteiger charge is 2.30. The van der Waals surface area contributed by atoms with Crippen LogP contribution in [0, 0.1) is 0 Å². The fourth-order valence-corrected chi connectivity index (χ4v) is 3.25. The zero-order valence-electron chi connectivity index (χ0n) is 15.3. The minimum absolute atomic E-state index is 0.0970. The summed E-state index contributed by atoms with van der Waals surface area (Å²) in [4.78, 5) is 16.2. The molecule has 1 saturated heterocycles. The van der Waals surface area contributed by atoms with E-state index in [0.717, 1.165) is 45.4 Å². The molecule has 1 aliphatic rings. The molecule has 0 aliphatic carbocycles. The molecule has 0 unspecified atom stereocenters. The second-order valence-corrected chi connectivity index (χ2v) is 6.86. The summed E-state index contributed by atoms with van der Waals surface area (Å²) >= 11 is 0. The summed E-state index contributed by atoms with van der Waals surface area (Å²) in [6.45, 7) is 6.11. The zero-order chi connectivity index (χ0) is 17.4. The smallest absolute Gasteiger partial charge is 0.239 e. The molecule has 1 aromatic carbocycles. The Morgan fingerprint density at radius 1 is 1.33 bits per heavy atom. The highest BCUT2D eigenvalue weighted by molar-refractivity contribution is 5.81. The van der Waals surface area contributed by atoms with Crippen LogP contribution in [-0.4, -0.2) is 62.0 Å². The van der Waals surface area contributed by atoms with Gasteiger partial charge in [0, 0.05) is 27.2 Å². The third-order valence-electron chi connectivity index (χ3n) is 4.50. The van der Waals surface area contributed by atoms with E-state index in [2.05, 4.69) is 47.5 Å². The van der Waals surface area contributed by atoms with E-state index in [1.165, 1.54) is 11.1 Å². The first kappa shape index (κ1) is 18.7. The Morgan fingerprint density at radius 2 is 2.08 bits per heavy atom. The van der Waals surface area contributed by atoms with Gasteiger partial charge >= 0.3 is 0 Å². The number of hydrogen-bond donors (Lipinski definition) is 1. The molecular formula is C20H31N3O. The number of likely N-dealkylation sites (N-methyl/N-ethyl adjacent to an activating group) is 1. The van der Waals surface area contributed by atoms with Gasteiger partial charge in [-0.25, -0.2) is 0 Å². The second-order valence-electron chi connectivity index (χ2n) is 6.86. The molecule has 0 bridgehead atoms. The Kier molecular flexibility index (Phi) is 7.47. The van der Waals surface area contributed by atoms with Gasteiger partial charge in [0.05, 0.1) is 6.04 Å². The Bertz CT molecular complexity index is 539. The van der Waals surface area contributed by atoms with Crippen LogP contribution in [0.5, 0.6) is 0 Å². The standard InChI is InChI=1S/C20H31N3O/c1-17(15-18-9-5-4-6-10-18)16-21-12-8-14-23-13-7-11-19(23)20(24)22(2)3/h4-6,9-10,15,19,21H,7-8,11-14,16H2,1-3H3/b17-15+/t19-/m0/s1. The molecule has 1 aliphatic heterocycles. The van der Waals surface area contributed by atoms with E-state index in [0.29, 0.717) is 0 Å². The van der Waals surface area contributed by atoms with Gasteiger partial charge in [0.2, 0.25) is 5.91 Å². The summed E-state index contributed by atoms with van der Waals surface area (Å²) in [5, 5.41) is 3.51. The molecule has 0 aromatic heterocycles. The molecule has 1 N–H and O–H groups in total. The Morgan fingerprint density at radius 3 is 2.79 bits per heavy atom. The predicted molar refractivity (Wildman–Crippen MR) is 101 cm³/mol. The number of carbonyl (C=O) groups excluding carboxylic acids is 1. The van der Waals surface area contributed by atoms with Crippen LogP contribution in [0.15, 0.2) is 35.9 Å². The quantitative estimate of drug-likeness (QED) is 0.745. The molecule has 1 heterocycles. The van der Waals surface area contributed by atoms with Crippen LogP contribution in [0.2, 0.25) is 0 Å². The fourth-order valence-electron chi connectivity index (χ4n) is 3.25. The van der Waals surface area contributed by atoms with Crippen molar-refractivity contribution in [3.05, 3.63) is 41.5 Å². The number of amides is 1. The van der Waals surface area contributed by atoms with Crippen molar-refractivity contribution in [1.29, 1.82) is 0 Å². The lowest BCUT2D eigenvalue weighted by Gasteiger charge is -2.26. The van der Waals surface area contributed by atoms with Crippen molar-refractivity contribution in [3.8, 4) is 0 Å². The minimum Gasteiger partial charge on any atom is -0.347 e. The van der Waals surface area contributed by atoms with Crippen molar-refractivity contribution in [1.82, 2.24) is 15.1 Å². The second kappa shape index (κ2) is 9.60. The molecule has 1 aromatic rings. The van der Waals surface area contributed by atoms with Gasteiger partial charge in [-0.3, -0.25) is 9.69 Å². The minimum atomic E-state index is 0.0970. The van der Waals surface area contributed by atoms with E-state index in [1.807, 2.05) is 20.2 Å². The molecule has 24 heavy (non-hydrogen) atoms. The molecule has 4 heteroatoms. The molecular weight excluding hydrogens is 298 g/mol. The first-order valence-electron chi connectivity index (χ1n) is 8.96. The first-order valence-corrected chi connectivity index (χ1v) is 8.96. The molecule has 1 atom stereocenters. The number of nitrogens with one attached hydrogen (secondary N) is 1. The Hall–Kier alpha value is -1.65. The lowest BCUT2D eigenvalue weighted by atomic mass is 10.1. The van der Waals surface area contributed by atoms with Crippen LogP contribution >= 0.6 is 0 Å². The molecule has 132 valence electrons. The average molecular weight is 329 g/mol. The van der Waals surface area contributed by atoms with E-state index in [1.54, 1.807) is 4.90 Å². The Balaban J connectivity index is 1.66. The first-order chi connectivity index (χ1) is 11.6. The topological polar surface area (TPSA) is 35.6 Å². The summed E-state index contributed by atoms with van der Waals surface area (Å²) in [7, 11) is 3.70. The maximum absolute atomic E-state index is 12.2. The van der Waals surface area contributed by atoms with Gasteiger partial charge in [-0.1, -0.05) is 42.0 Å². The number of benzene rings is 1. The van der Waals surface area contributed by atoms with Gasteiger partial charge < -0.3 is 10.2 Å². The highest BCUT2D eigenvalue weighted by Crippen LogP contribution is 2.18. The van der Waals surface area contributed by atoms with Gasteiger partial charge in [-0.05, 0) is 44.8 Å². The molecule has 0 radical (unpaired) electrons. The van der Waals surface area contributed by atoms with Gasteiger partial charge in [0.25, 0.3) is 0 Å². The summed E-state index contributed by atoms with van der Waals surface area (Å²) in [5.74, 6) is 0.252. The maximum atomic E-state index is 12.2. The number of carbonyl (C=O) groups is 1. The summed E-state index contributed by atoms with van der Waals surface area (Å²) in [6.07, 6.45) is 5.44. The van der Waals surface area contributed by atoms with E-state index >= 15 is 0 Å². The van der Waals surface area contributed by atoms with Gasteiger partial charge in [0.15, 0.2) is 0 Å². The number of hydrogen-bond acceptors (Lipinski definition) is 3. The van der Waals surface area contributed by atoms with Gasteiger partial charge in [-0.2, -0.15) is 0 Å². The fraction of sp³-hybridized carbons (Fsp3) is 0.550. The van der Waals surface area contributed by atoms with Crippen molar-refractivity contribution >= 4 is 12.0 Å². The van der Waals surface area contributed by atoms with Crippen molar-refractivity contribution in [3.63, 3.8) is 0 Å². The van der Waals surface area contributed by atoms with Crippen molar-refractivity contribution < 1.29 is 4.79 Å². The van der Waals surface area contributed by atoms with Crippen LogP contribution in [0.4, 0.5) is 0 Å². The average Bonchev–Trinajstić information content (AvgIpc) is 3.03. The third-order valence-corrected chi connectivity index (χ3v) is 4.50. The molecule has 1 fully saturated rings. The molecule has 0 spiro atoms. The molecule has 2 rings (SSSR count). The Labute approximate surface area is 146 Å². The zero-order valence-corrected chi connectivity index (χ0v) is 15.3. The maximum Gasteiger partial charge on any atom is 0.239 e. The number of rotatable bonds is 8. The lowest BCUT2D eigenvalue weighted by molar-refractivity contribution is -0.133. The van der Waals surface area contributed by atoms with Gasteiger partial charge in [-0.15, -0.1) is 0 Å². The SMILES string of the molecule is C/C(=C\c1ccccc1)CNCCCN1CCC[C@H]1C(=O)N(C)C. The van der Waals surface area contributed by atoms with Crippen LogP contribution in [0.1, 0.15) is 31.7 Å². The van der Waals surface area contributed by atoms with E-state index < -0.39 is 0 Å². The van der Waals surface area contributed by atoms with Crippen LogP contribution in [-0.2, 0) is 4.79 Å². The molecule has 1 amide bonds. The lowest BCUT2D eigenvalue weighted by Crippen LogP contribution is -2.43. The van der Waals surface area contributed by atoms with E-state index in [4.69, 9.17) is 0 Å². The summed E-state index contributed by atoms with van der Waals surface area (Å²) < 4.78 is 0.